The Hall–Kier alpha value is -1.91. The van der Waals surface area contributed by atoms with Crippen LogP contribution in [0.2, 0.25) is 0 Å². The van der Waals surface area contributed by atoms with Crippen molar-refractivity contribution in [3.05, 3.63) is 35.6 Å². The van der Waals surface area contributed by atoms with Crippen molar-refractivity contribution in [3.8, 4) is 0 Å². The topological polar surface area (TPSA) is 66.4 Å². The molecule has 0 aliphatic carbocycles. The number of amides is 1. The molecule has 0 spiro atoms. The van der Waals surface area contributed by atoms with Gasteiger partial charge in [0.15, 0.2) is 0 Å². The minimum atomic E-state index is -1.22. The first-order chi connectivity index (χ1) is 7.13. The highest BCUT2D eigenvalue weighted by Crippen LogP contribution is 2.15. The third kappa shape index (κ3) is 3.38. The van der Waals surface area contributed by atoms with E-state index < -0.39 is 18.0 Å². The van der Waals surface area contributed by atoms with Gasteiger partial charge in [-0.1, -0.05) is 12.1 Å². The van der Waals surface area contributed by atoms with Gasteiger partial charge in [0.1, 0.15) is 12.1 Å². The van der Waals surface area contributed by atoms with Crippen molar-refractivity contribution in [3.63, 3.8) is 0 Å². The van der Waals surface area contributed by atoms with Crippen LogP contribution >= 0.6 is 0 Å². The molecule has 0 saturated heterocycles. The molecule has 0 fully saturated rings. The molecule has 1 aromatic carbocycles. The van der Waals surface area contributed by atoms with Crippen molar-refractivity contribution in [2.24, 2.45) is 0 Å². The molecule has 1 atom stereocenters. The number of benzene rings is 1. The van der Waals surface area contributed by atoms with Gasteiger partial charge in [0.25, 0.3) is 0 Å². The molecule has 0 heterocycles. The number of rotatable bonds is 4. The first kappa shape index (κ1) is 11.2. The van der Waals surface area contributed by atoms with E-state index in [4.69, 9.17) is 5.11 Å². The highest BCUT2D eigenvalue weighted by atomic mass is 19.1. The Morgan fingerprint density at radius 1 is 1.47 bits per heavy atom. The number of hydrogen-bond acceptors (Lipinski definition) is 2. The van der Waals surface area contributed by atoms with E-state index >= 15 is 0 Å². The Morgan fingerprint density at radius 3 is 2.53 bits per heavy atom. The number of nitrogens with one attached hydrogen (secondary N) is 1. The second-order valence-corrected chi connectivity index (χ2v) is 2.96. The fraction of sp³-hybridized carbons (Fsp3) is 0.200. The molecule has 1 rings (SSSR count). The molecule has 2 N–H and O–H groups in total. The molecule has 0 unspecified atom stereocenters. The summed E-state index contributed by atoms with van der Waals surface area (Å²) in [6.45, 7) is 0. The predicted molar refractivity (Wildman–Crippen MR) is 51.0 cm³/mol. The van der Waals surface area contributed by atoms with Crippen LogP contribution in [0.1, 0.15) is 18.0 Å². The number of aldehydes is 1. The highest BCUT2D eigenvalue weighted by Gasteiger charge is 2.13. The smallest absolute Gasteiger partial charge is 0.405 e. The Morgan fingerprint density at radius 2 is 2.07 bits per heavy atom. The highest BCUT2D eigenvalue weighted by molar-refractivity contribution is 5.66. The average molecular weight is 211 g/mol. The van der Waals surface area contributed by atoms with Crippen LogP contribution < -0.4 is 5.32 Å². The van der Waals surface area contributed by atoms with Crippen LogP contribution in [0.3, 0.4) is 0 Å². The fourth-order valence-corrected chi connectivity index (χ4v) is 1.22. The molecule has 0 aromatic heterocycles. The Kier molecular flexibility index (Phi) is 3.79. The first-order valence-electron chi connectivity index (χ1n) is 4.32. The summed E-state index contributed by atoms with van der Waals surface area (Å²) in [6.07, 6.45) is -0.576. The maximum Gasteiger partial charge on any atom is 0.405 e. The second-order valence-electron chi connectivity index (χ2n) is 2.96. The van der Waals surface area contributed by atoms with E-state index in [1.54, 1.807) is 0 Å². The Labute approximate surface area is 85.7 Å². The molecule has 0 aliphatic rings. The molecule has 1 aromatic rings. The average Bonchev–Trinajstić information content (AvgIpc) is 2.17. The lowest BCUT2D eigenvalue weighted by molar-refractivity contribution is -0.108. The van der Waals surface area contributed by atoms with E-state index in [2.05, 4.69) is 5.32 Å². The van der Waals surface area contributed by atoms with E-state index in [1.807, 2.05) is 0 Å². The number of carbonyl (C=O) groups is 2. The predicted octanol–water partition coefficient (Wildman–Crippen LogP) is 1.72. The second kappa shape index (κ2) is 5.09. The summed E-state index contributed by atoms with van der Waals surface area (Å²) in [7, 11) is 0. The minimum Gasteiger partial charge on any atom is -0.465 e. The first-order valence-corrected chi connectivity index (χ1v) is 4.32. The van der Waals surface area contributed by atoms with E-state index in [0.717, 1.165) is 0 Å². The van der Waals surface area contributed by atoms with Gasteiger partial charge in [0.05, 0.1) is 6.04 Å². The molecular formula is C10H10FNO3. The van der Waals surface area contributed by atoms with E-state index in [1.165, 1.54) is 24.3 Å². The van der Waals surface area contributed by atoms with Gasteiger partial charge in [-0.15, -0.1) is 0 Å². The summed E-state index contributed by atoms with van der Waals surface area (Å²) in [5, 5.41) is 10.7. The summed E-state index contributed by atoms with van der Waals surface area (Å²) in [5.41, 5.74) is 0.561. The summed E-state index contributed by atoms with van der Waals surface area (Å²) in [5.74, 6) is -0.404. The van der Waals surface area contributed by atoms with E-state index in [-0.39, 0.29) is 6.42 Å². The summed E-state index contributed by atoms with van der Waals surface area (Å²) < 4.78 is 12.6. The van der Waals surface area contributed by atoms with Crippen LogP contribution in [0.25, 0.3) is 0 Å². The van der Waals surface area contributed by atoms with E-state index in [0.29, 0.717) is 11.8 Å². The van der Waals surface area contributed by atoms with Crippen molar-refractivity contribution < 1.29 is 19.1 Å². The van der Waals surface area contributed by atoms with Crippen LogP contribution in [-0.2, 0) is 4.79 Å². The Bertz CT molecular complexity index is 350. The summed E-state index contributed by atoms with van der Waals surface area (Å²) in [4.78, 5) is 20.8. The SMILES string of the molecule is O=CC[C@H](NC(=O)O)c1ccc(F)cc1. The fourth-order valence-electron chi connectivity index (χ4n) is 1.22. The zero-order valence-electron chi connectivity index (χ0n) is 7.81. The molecule has 0 saturated carbocycles. The van der Waals surface area contributed by atoms with Crippen molar-refractivity contribution >= 4 is 12.4 Å². The molecule has 0 bridgehead atoms. The number of carbonyl (C=O) groups excluding carboxylic acids is 1. The number of halogens is 1. The van der Waals surface area contributed by atoms with Crippen LogP contribution in [0.4, 0.5) is 9.18 Å². The largest absolute Gasteiger partial charge is 0.465 e. The third-order valence-electron chi connectivity index (χ3n) is 1.90. The molecule has 80 valence electrons. The van der Waals surface area contributed by atoms with Gasteiger partial charge in [-0.25, -0.2) is 9.18 Å². The minimum absolute atomic E-state index is 0.0257. The number of hydrogen-bond donors (Lipinski definition) is 2. The van der Waals surface area contributed by atoms with Crippen LogP contribution in [0, 0.1) is 5.82 Å². The molecule has 0 radical (unpaired) electrons. The van der Waals surface area contributed by atoms with Gasteiger partial charge in [-0.2, -0.15) is 0 Å². The maximum absolute atomic E-state index is 12.6. The van der Waals surface area contributed by atoms with Gasteiger partial charge >= 0.3 is 6.09 Å². The zero-order valence-corrected chi connectivity index (χ0v) is 7.81. The van der Waals surface area contributed by atoms with Crippen molar-refractivity contribution in [1.82, 2.24) is 5.32 Å². The lowest BCUT2D eigenvalue weighted by Crippen LogP contribution is -2.27. The van der Waals surface area contributed by atoms with Crippen molar-refractivity contribution in [2.75, 3.05) is 0 Å². The van der Waals surface area contributed by atoms with Gasteiger partial charge in [0.2, 0.25) is 0 Å². The lowest BCUT2D eigenvalue weighted by atomic mass is 10.0. The van der Waals surface area contributed by atoms with Crippen LogP contribution in [0.5, 0.6) is 0 Å². The monoisotopic (exact) mass is 211 g/mol. The Balaban J connectivity index is 2.83. The summed E-state index contributed by atoms with van der Waals surface area (Å²) in [6, 6.07) is 4.70. The molecule has 5 heteroatoms. The third-order valence-corrected chi connectivity index (χ3v) is 1.90. The van der Waals surface area contributed by atoms with Gasteiger partial charge in [-0.3, -0.25) is 0 Å². The van der Waals surface area contributed by atoms with Crippen molar-refractivity contribution in [1.29, 1.82) is 0 Å². The quantitative estimate of drug-likeness (QED) is 0.745. The molecule has 4 nitrogen and oxygen atoms in total. The van der Waals surface area contributed by atoms with Gasteiger partial charge in [0, 0.05) is 6.42 Å². The zero-order chi connectivity index (χ0) is 11.3. The molecular weight excluding hydrogens is 201 g/mol. The molecule has 1 amide bonds. The van der Waals surface area contributed by atoms with Gasteiger partial charge in [-0.05, 0) is 17.7 Å². The number of carboxylic acid groups (broad SMARTS) is 1. The van der Waals surface area contributed by atoms with Crippen molar-refractivity contribution in [2.45, 2.75) is 12.5 Å². The standard InChI is InChI=1S/C10H10FNO3/c11-8-3-1-7(2-4-8)9(5-6-13)12-10(14)15/h1-4,6,9,12H,5H2,(H,14,15)/t9-/m0/s1. The van der Waals surface area contributed by atoms with Crippen LogP contribution in [-0.4, -0.2) is 17.5 Å². The van der Waals surface area contributed by atoms with Gasteiger partial charge < -0.3 is 15.2 Å². The van der Waals surface area contributed by atoms with E-state index in [9.17, 15) is 14.0 Å². The molecule has 0 aliphatic heterocycles. The summed E-state index contributed by atoms with van der Waals surface area (Å²) >= 11 is 0. The lowest BCUT2D eigenvalue weighted by Gasteiger charge is -2.14. The van der Waals surface area contributed by atoms with Crippen LogP contribution in [0.15, 0.2) is 24.3 Å². The molecule has 15 heavy (non-hydrogen) atoms. The normalized spacial score (nSPS) is 11.8. The maximum atomic E-state index is 12.6.